The second-order valence-electron chi connectivity index (χ2n) is 23.3. The van der Waals surface area contributed by atoms with E-state index >= 15 is 0 Å². The summed E-state index contributed by atoms with van der Waals surface area (Å²) in [7, 11) is 0. The second-order valence-corrected chi connectivity index (χ2v) is 23.3. The molecule has 2 heterocycles. The molecule has 452 valence electrons. The van der Waals surface area contributed by atoms with Crippen LogP contribution in [0.2, 0.25) is 0 Å². The van der Waals surface area contributed by atoms with Crippen LogP contribution >= 0.6 is 0 Å². The summed E-state index contributed by atoms with van der Waals surface area (Å²) in [5.74, 6) is -0.199. The van der Waals surface area contributed by atoms with Gasteiger partial charge in [-0.3, -0.25) is 4.79 Å². The van der Waals surface area contributed by atoms with Crippen molar-refractivity contribution >= 4 is 5.91 Å². The van der Waals surface area contributed by atoms with Gasteiger partial charge in [-0.25, -0.2) is 0 Å². The Morgan fingerprint density at radius 3 is 1.12 bits per heavy atom. The Morgan fingerprint density at radius 1 is 0.421 bits per heavy atom. The van der Waals surface area contributed by atoms with Crippen molar-refractivity contribution in [2.45, 2.75) is 370 Å². The quantitative estimate of drug-likeness (QED) is 0.0259. The van der Waals surface area contributed by atoms with E-state index in [2.05, 4.69) is 19.2 Å². The van der Waals surface area contributed by atoms with Gasteiger partial charge in [0.1, 0.15) is 48.8 Å². The molecule has 12 unspecified atom stereocenters. The molecule has 2 aliphatic rings. The number of carbonyl (C=O) groups excluding carboxylic acids is 1. The lowest BCUT2D eigenvalue weighted by atomic mass is 9.97. The molecule has 2 aliphatic heterocycles. The molecule has 0 radical (unpaired) electrons. The fourth-order valence-electron chi connectivity index (χ4n) is 11.1. The van der Waals surface area contributed by atoms with E-state index in [9.17, 15) is 45.6 Å². The van der Waals surface area contributed by atoms with E-state index in [-0.39, 0.29) is 12.5 Å². The van der Waals surface area contributed by atoms with Crippen molar-refractivity contribution in [2.24, 2.45) is 0 Å². The first-order valence-corrected chi connectivity index (χ1v) is 32.3. The number of aliphatic hydroxyl groups is 8. The topological polar surface area (TPSA) is 228 Å². The van der Waals surface area contributed by atoms with Gasteiger partial charge >= 0.3 is 0 Å². The Hall–Kier alpha value is -1.01. The number of hydrogen-bond donors (Lipinski definition) is 9. The zero-order valence-electron chi connectivity index (χ0n) is 48.8. The summed E-state index contributed by atoms with van der Waals surface area (Å²) >= 11 is 0. The number of carbonyl (C=O) groups is 1. The molecule has 0 spiro atoms. The fourth-order valence-corrected chi connectivity index (χ4v) is 11.1. The summed E-state index contributed by atoms with van der Waals surface area (Å²) in [6.07, 6.45) is 38.2. The van der Waals surface area contributed by atoms with E-state index in [1.807, 2.05) is 0 Å². The predicted octanol–water partition coefficient (Wildman–Crippen LogP) is 11.7. The second kappa shape index (κ2) is 48.7. The fraction of sp³-hybridized carbons (Fsp3) is 0.984. The SMILES string of the molecule is CCCCCCCCCCCCCCCCCCCCCCCCCCCC(O)C(COC1OC(CO)C(OC2OC(CO)C(O)C(O)C2O)C(O)C1O)NC(=O)CCCCCCCCCCCCCCCCCCC. The zero-order valence-corrected chi connectivity index (χ0v) is 48.8. The number of rotatable bonds is 53. The first-order valence-electron chi connectivity index (χ1n) is 32.3. The van der Waals surface area contributed by atoms with Crippen LogP contribution in [0, 0.1) is 0 Å². The van der Waals surface area contributed by atoms with Gasteiger partial charge in [-0.2, -0.15) is 0 Å². The molecule has 0 aromatic heterocycles. The molecule has 0 aromatic rings. The molecule has 0 aliphatic carbocycles. The highest BCUT2D eigenvalue weighted by molar-refractivity contribution is 5.76. The standard InChI is InChI=1S/C62H121NO13/c1-3-5-7-9-11-13-15-17-19-21-22-23-24-25-26-27-28-30-31-33-35-37-39-41-43-45-51(66)50(63-54(67)46-44-42-40-38-36-34-32-29-20-18-16-14-12-10-8-6-4-2)49-73-61-59(72)57(70)60(53(48-65)75-61)76-62-58(71)56(69)55(68)52(47-64)74-62/h50-53,55-62,64-66,68-72H,3-49H2,1-2H3,(H,63,67). The van der Waals surface area contributed by atoms with Gasteiger partial charge in [0.25, 0.3) is 0 Å². The summed E-state index contributed by atoms with van der Waals surface area (Å²) in [4.78, 5) is 13.3. The van der Waals surface area contributed by atoms with Gasteiger partial charge in [-0.15, -0.1) is 0 Å². The zero-order chi connectivity index (χ0) is 55.3. The smallest absolute Gasteiger partial charge is 0.220 e. The van der Waals surface area contributed by atoms with Crippen LogP contribution in [0.5, 0.6) is 0 Å². The summed E-state index contributed by atoms with van der Waals surface area (Å²) in [6, 6.07) is -0.823. The molecule has 2 rings (SSSR count). The first kappa shape index (κ1) is 71.1. The third kappa shape index (κ3) is 33.7. The average Bonchev–Trinajstić information content (AvgIpc) is 3.42. The van der Waals surface area contributed by atoms with Gasteiger partial charge in [0.15, 0.2) is 12.6 Å². The summed E-state index contributed by atoms with van der Waals surface area (Å²) in [5, 5.41) is 87.4. The van der Waals surface area contributed by atoms with Crippen molar-refractivity contribution in [1.82, 2.24) is 5.32 Å². The maximum atomic E-state index is 13.3. The third-order valence-electron chi connectivity index (χ3n) is 16.3. The molecule has 2 fully saturated rings. The molecular weight excluding hydrogens is 967 g/mol. The largest absolute Gasteiger partial charge is 0.394 e. The van der Waals surface area contributed by atoms with E-state index in [4.69, 9.17) is 18.9 Å². The molecule has 0 aromatic carbocycles. The van der Waals surface area contributed by atoms with Crippen molar-refractivity contribution in [2.75, 3.05) is 19.8 Å². The Balaban J connectivity index is 1.70. The van der Waals surface area contributed by atoms with Gasteiger partial charge in [-0.05, 0) is 12.8 Å². The number of ether oxygens (including phenoxy) is 4. The third-order valence-corrected chi connectivity index (χ3v) is 16.3. The molecule has 12 atom stereocenters. The summed E-state index contributed by atoms with van der Waals surface area (Å²) < 4.78 is 22.9. The van der Waals surface area contributed by atoms with Crippen LogP contribution in [0.3, 0.4) is 0 Å². The van der Waals surface area contributed by atoms with E-state index in [0.717, 1.165) is 51.4 Å². The maximum Gasteiger partial charge on any atom is 0.220 e. The van der Waals surface area contributed by atoms with Crippen LogP contribution < -0.4 is 5.32 Å². The highest BCUT2D eigenvalue weighted by Crippen LogP contribution is 2.30. The molecule has 76 heavy (non-hydrogen) atoms. The maximum absolute atomic E-state index is 13.3. The molecule has 1 amide bonds. The highest BCUT2D eigenvalue weighted by Gasteiger charge is 2.51. The van der Waals surface area contributed by atoms with Crippen LogP contribution in [-0.2, 0) is 23.7 Å². The van der Waals surface area contributed by atoms with Gasteiger partial charge < -0.3 is 65.1 Å². The van der Waals surface area contributed by atoms with Crippen molar-refractivity contribution < 1.29 is 64.6 Å². The van der Waals surface area contributed by atoms with Gasteiger partial charge in [0.2, 0.25) is 5.91 Å². The van der Waals surface area contributed by atoms with Crippen molar-refractivity contribution in [3.05, 3.63) is 0 Å². The summed E-state index contributed by atoms with van der Waals surface area (Å²) in [5.41, 5.74) is 0. The van der Waals surface area contributed by atoms with Crippen LogP contribution in [-0.4, -0.2) is 140 Å². The van der Waals surface area contributed by atoms with E-state index < -0.39 is 86.8 Å². The van der Waals surface area contributed by atoms with Crippen LogP contribution in [0.25, 0.3) is 0 Å². The summed E-state index contributed by atoms with van der Waals surface area (Å²) in [6.45, 7) is 2.91. The van der Waals surface area contributed by atoms with Crippen LogP contribution in [0.15, 0.2) is 0 Å². The lowest BCUT2D eigenvalue weighted by molar-refractivity contribution is -0.359. The molecule has 14 nitrogen and oxygen atoms in total. The Bertz CT molecular complexity index is 1280. The molecular formula is C62H121NO13. The predicted molar refractivity (Wildman–Crippen MR) is 305 cm³/mol. The number of unbranched alkanes of at least 4 members (excludes halogenated alkanes) is 40. The Kier molecular flexibility index (Phi) is 45.5. The first-order chi connectivity index (χ1) is 37.1. The minimum atomic E-state index is -1.78. The van der Waals surface area contributed by atoms with Gasteiger partial charge in [0.05, 0.1) is 32.0 Å². The number of amides is 1. The average molecular weight is 1090 g/mol. The van der Waals surface area contributed by atoms with Gasteiger partial charge in [0, 0.05) is 6.42 Å². The van der Waals surface area contributed by atoms with Crippen molar-refractivity contribution in [3.63, 3.8) is 0 Å². The van der Waals surface area contributed by atoms with E-state index in [0.29, 0.717) is 12.8 Å². The molecule has 9 N–H and O–H groups in total. The minimum absolute atomic E-state index is 0.199. The Labute approximate surface area is 464 Å². The van der Waals surface area contributed by atoms with Crippen molar-refractivity contribution in [1.29, 1.82) is 0 Å². The highest BCUT2D eigenvalue weighted by atomic mass is 16.7. The molecule has 0 saturated carbocycles. The number of nitrogens with one attached hydrogen (secondary N) is 1. The Morgan fingerprint density at radius 2 is 0.750 bits per heavy atom. The van der Waals surface area contributed by atoms with Crippen LogP contribution in [0.4, 0.5) is 0 Å². The normalized spacial score (nSPS) is 24.8. The van der Waals surface area contributed by atoms with E-state index in [1.54, 1.807) is 0 Å². The number of aliphatic hydroxyl groups excluding tert-OH is 8. The van der Waals surface area contributed by atoms with Crippen molar-refractivity contribution in [3.8, 4) is 0 Å². The molecule has 0 bridgehead atoms. The van der Waals surface area contributed by atoms with Crippen LogP contribution in [0.1, 0.15) is 296 Å². The lowest BCUT2D eigenvalue weighted by Gasteiger charge is -2.46. The molecule has 14 heteroatoms. The van der Waals surface area contributed by atoms with Gasteiger partial charge in [-0.1, -0.05) is 277 Å². The monoisotopic (exact) mass is 1090 g/mol. The number of hydrogen-bond acceptors (Lipinski definition) is 13. The molecule has 2 saturated heterocycles. The lowest BCUT2D eigenvalue weighted by Crippen LogP contribution is -2.65. The minimum Gasteiger partial charge on any atom is -0.394 e. The van der Waals surface area contributed by atoms with E-state index in [1.165, 1.54) is 218 Å².